The Bertz CT molecular complexity index is 588. The van der Waals surface area contributed by atoms with Gasteiger partial charge in [-0.15, -0.1) is 0 Å². The van der Waals surface area contributed by atoms with Gasteiger partial charge in [0.15, 0.2) is 0 Å². The van der Waals surface area contributed by atoms with Gasteiger partial charge in [-0.3, -0.25) is 0 Å². The van der Waals surface area contributed by atoms with E-state index in [-0.39, 0.29) is 0 Å². The van der Waals surface area contributed by atoms with Gasteiger partial charge in [0.1, 0.15) is 0 Å². The van der Waals surface area contributed by atoms with Crippen LogP contribution in [0.2, 0.25) is 0 Å². The van der Waals surface area contributed by atoms with Gasteiger partial charge in [-0.1, -0.05) is 30.3 Å². The van der Waals surface area contributed by atoms with E-state index in [1.165, 1.54) is 12.1 Å². The maximum atomic E-state index is 12.7. The highest BCUT2D eigenvalue weighted by atomic mass is 19.4. The molecule has 19 heavy (non-hydrogen) atoms. The Kier molecular flexibility index (Phi) is 3.62. The van der Waals surface area contributed by atoms with Crippen molar-refractivity contribution >= 4 is 0 Å². The fraction of sp³-hybridized carbons (Fsp3) is 0.200. The second-order valence-electron chi connectivity index (χ2n) is 4.37. The fourth-order valence-corrected chi connectivity index (χ4v) is 2.08. The highest BCUT2D eigenvalue weighted by Gasteiger charge is 2.30. The van der Waals surface area contributed by atoms with Crippen molar-refractivity contribution in [3.8, 4) is 11.1 Å². The first kappa shape index (κ1) is 13.6. The van der Waals surface area contributed by atoms with E-state index in [2.05, 4.69) is 0 Å². The van der Waals surface area contributed by atoms with Crippen LogP contribution < -0.4 is 5.73 Å². The third-order valence-electron chi connectivity index (χ3n) is 3.17. The zero-order chi connectivity index (χ0) is 14.0. The summed E-state index contributed by atoms with van der Waals surface area (Å²) in [5.74, 6) is 0. The molecule has 2 aromatic rings. The highest BCUT2D eigenvalue weighted by molar-refractivity contribution is 5.69. The van der Waals surface area contributed by atoms with Crippen LogP contribution in [0.5, 0.6) is 0 Å². The maximum Gasteiger partial charge on any atom is 0.416 e. The van der Waals surface area contributed by atoms with Gasteiger partial charge in [0, 0.05) is 6.54 Å². The zero-order valence-electron chi connectivity index (χ0n) is 10.5. The van der Waals surface area contributed by atoms with E-state index in [9.17, 15) is 13.2 Å². The molecule has 2 aromatic carbocycles. The van der Waals surface area contributed by atoms with Crippen LogP contribution in [-0.2, 0) is 12.7 Å². The van der Waals surface area contributed by atoms with Crippen LogP contribution in [0, 0.1) is 6.92 Å². The van der Waals surface area contributed by atoms with Gasteiger partial charge in [0.2, 0.25) is 0 Å². The Morgan fingerprint density at radius 1 is 1.05 bits per heavy atom. The van der Waals surface area contributed by atoms with Gasteiger partial charge in [-0.05, 0) is 41.3 Å². The lowest BCUT2D eigenvalue weighted by atomic mass is 9.95. The minimum absolute atomic E-state index is 0.374. The first-order chi connectivity index (χ1) is 8.93. The molecule has 0 heterocycles. The number of nitrogens with two attached hydrogens (primary N) is 1. The van der Waals surface area contributed by atoms with E-state index < -0.39 is 11.7 Å². The van der Waals surface area contributed by atoms with Gasteiger partial charge >= 0.3 is 6.18 Å². The summed E-state index contributed by atoms with van der Waals surface area (Å²) in [5.41, 5.74) is 8.18. The zero-order valence-corrected chi connectivity index (χ0v) is 10.5. The molecule has 0 saturated heterocycles. The summed E-state index contributed by atoms with van der Waals surface area (Å²) >= 11 is 0. The summed E-state index contributed by atoms with van der Waals surface area (Å²) < 4.78 is 38.1. The molecule has 0 atom stereocenters. The SMILES string of the molecule is Cc1c(CN)cccc1-c1cccc(C(F)(F)F)c1. The molecule has 2 rings (SSSR count). The van der Waals surface area contributed by atoms with Crippen molar-refractivity contribution in [3.63, 3.8) is 0 Å². The van der Waals surface area contributed by atoms with Crippen LogP contribution in [0.15, 0.2) is 42.5 Å². The Morgan fingerprint density at radius 2 is 1.74 bits per heavy atom. The molecule has 0 aliphatic rings. The molecule has 0 spiro atoms. The third-order valence-corrected chi connectivity index (χ3v) is 3.17. The molecule has 100 valence electrons. The Labute approximate surface area is 109 Å². The Hall–Kier alpha value is -1.81. The van der Waals surface area contributed by atoms with Gasteiger partial charge in [-0.2, -0.15) is 13.2 Å². The lowest BCUT2D eigenvalue weighted by Gasteiger charge is -2.12. The summed E-state index contributed by atoms with van der Waals surface area (Å²) in [6.07, 6.45) is -4.32. The topological polar surface area (TPSA) is 26.0 Å². The summed E-state index contributed by atoms with van der Waals surface area (Å²) in [6, 6.07) is 10.8. The largest absolute Gasteiger partial charge is 0.416 e. The van der Waals surface area contributed by atoms with Crippen LogP contribution >= 0.6 is 0 Å². The van der Waals surface area contributed by atoms with E-state index >= 15 is 0 Å². The van der Waals surface area contributed by atoms with Gasteiger partial charge < -0.3 is 5.73 Å². The molecule has 0 fully saturated rings. The van der Waals surface area contributed by atoms with Crippen molar-refractivity contribution in [2.24, 2.45) is 5.73 Å². The molecule has 0 radical (unpaired) electrons. The molecule has 0 aliphatic heterocycles. The smallest absolute Gasteiger partial charge is 0.326 e. The number of hydrogen-bond donors (Lipinski definition) is 1. The number of hydrogen-bond acceptors (Lipinski definition) is 1. The summed E-state index contributed by atoms with van der Waals surface area (Å²) in [7, 11) is 0. The van der Waals surface area contributed by atoms with Gasteiger partial charge in [-0.25, -0.2) is 0 Å². The maximum absolute atomic E-state index is 12.7. The molecule has 4 heteroatoms. The first-order valence-electron chi connectivity index (χ1n) is 5.89. The molecular weight excluding hydrogens is 251 g/mol. The number of halogens is 3. The van der Waals surface area contributed by atoms with E-state index in [0.29, 0.717) is 12.1 Å². The number of benzene rings is 2. The van der Waals surface area contributed by atoms with E-state index in [1.807, 2.05) is 25.1 Å². The van der Waals surface area contributed by atoms with Crippen LogP contribution in [0.3, 0.4) is 0 Å². The summed E-state index contributed by atoms with van der Waals surface area (Å²) in [5, 5.41) is 0. The van der Waals surface area contributed by atoms with Crippen LogP contribution in [0.1, 0.15) is 16.7 Å². The van der Waals surface area contributed by atoms with Crippen molar-refractivity contribution in [2.45, 2.75) is 19.6 Å². The van der Waals surface area contributed by atoms with Crippen molar-refractivity contribution in [2.75, 3.05) is 0 Å². The fourth-order valence-electron chi connectivity index (χ4n) is 2.08. The molecule has 0 aromatic heterocycles. The average Bonchev–Trinajstić information content (AvgIpc) is 2.38. The molecule has 1 nitrogen and oxygen atoms in total. The predicted octanol–water partition coefficient (Wildman–Crippen LogP) is 4.14. The third kappa shape index (κ3) is 2.79. The quantitative estimate of drug-likeness (QED) is 0.867. The minimum atomic E-state index is -4.32. The Morgan fingerprint density at radius 3 is 2.37 bits per heavy atom. The van der Waals surface area contributed by atoms with E-state index in [0.717, 1.165) is 22.8 Å². The normalized spacial score (nSPS) is 11.6. The summed E-state index contributed by atoms with van der Waals surface area (Å²) in [4.78, 5) is 0. The lowest BCUT2D eigenvalue weighted by Crippen LogP contribution is -2.05. The number of rotatable bonds is 2. The second-order valence-corrected chi connectivity index (χ2v) is 4.37. The minimum Gasteiger partial charge on any atom is -0.326 e. The van der Waals surface area contributed by atoms with Gasteiger partial charge in [0.05, 0.1) is 5.56 Å². The molecule has 0 unspecified atom stereocenters. The molecule has 0 amide bonds. The van der Waals surface area contributed by atoms with E-state index in [4.69, 9.17) is 5.73 Å². The monoisotopic (exact) mass is 265 g/mol. The summed E-state index contributed by atoms with van der Waals surface area (Å²) in [6.45, 7) is 2.25. The number of alkyl halides is 3. The first-order valence-corrected chi connectivity index (χ1v) is 5.89. The lowest BCUT2D eigenvalue weighted by molar-refractivity contribution is -0.137. The molecule has 0 bridgehead atoms. The molecular formula is C15H14F3N. The second kappa shape index (κ2) is 5.05. The van der Waals surface area contributed by atoms with Crippen molar-refractivity contribution < 1.29 is 13.2 Å². The molecule has 0 saturated carbocycles. The predicted molar refractivity (Wildman–Crippen MR) is 69.5 cm³/mol. The van der Waals surface area contributed by atoms with Crippen LogP contribution in [0.4, 0.5) is 13.2 Å². The van der Waals surface area contributed by atoms with Crippen LogP contribution in [0.25, 0.3) is 11.1 Å². The highest BCUT2D eigenvalue weighted by Crippen LogP contribution is 2.33. The average molecular weight is 265 g/mol. The van der Waals surface area contributed by atoms with Gasteiger partial charge in [0.25, 0.3) is 0 Å². The molecule has 0 aliphatic carbocycles. The standard InChI is InChI=1S/C15H14F3N/c1-10-12(9-19)5-3-7-14(10)11-4-2-6-13(8-11)15(16,17)18/h2-8H,9,19H2,1H3. The Balaban J connectivity index is 2.54. The van der Waals surface area contributed by atoms with E-state index in [1.54, 1.807) is 6.07 Å². The van der Waals surface area contributed by atoms with Crippen molar-refractivity contribution in [1.29, 1.82) is 0 Å². The van der Waals surface area contributed by atoms with Crippen molar-refractivity contribution in [3.05, 3.63) is 59.2 Å². The molecule has 2 N–H and O–H groups in total. The van der Waals surface area contributed by atoms with Crippen LogP contribution in [-0.4, -0.2) is 0 Å². The van der Waals surface area contributed by atoms with Crippen molar-refractivity contribution in [1.82, 2.24) is 0 Å².